The molecule has 0 aromatic rings. The largest absolute Gasteiger partial charge is 0.317 e. The molecule has 18 heavy (non-hydrogen) atoms. The Morgan fingerprint density at radius 3 is 2.17 bits per heavy atom. The molecule has 0 spiro atoms. The molecule has 1 N–H and O–H groups in total. The Labute approximate surface area is 114 Å². The lowest BCUT2D eigenvalue weighted by Gasteiger charge is -2.32. The molecule has 0 bridgehead atoms. The quantitative estimate of drug-likeness (QED) is 0.780. The summed E-state index contributed by atoms with van der Waals surface area (Å²) in [4.78, 5) is 2.66. The van der Waals surface area contributed by atoms with Gasteiger partial charge in [-0.25, -0.2) is 0 Å². The molecule has 2 heteroatoms. The molecule has 2 aliphatic heterocycles. The van der Waals surface area contributed by atoms with Gasteiger partial charge in [0, 0.05) is 0 Å². The average molecular weight is 252 g/mol. The molecule has 2 saturated heterocycles. The highest BCUT2D eigenvalue weighted by molar-refractivity contribution is 4.73. The first-order chi connectivity index (χ1) is 8.88. The predicted octanol–water partition coefficient (Wildman–Crippen LogP) is 3.28. The van der Waals surface area contributed by atoms with E-state index >= 15 is 0 Å². The minimum absolute atomic E-state index is 1.03. The molecular formula is C16H32N2. The van der Waals surface area contributed by atoms with Crippen LogP contribution in [0.1, 0.15) is 58.3 Å². The Morgan fingerprint density at radius 1 is 0.944 bits per heavy atom. The molecule has 0 aliphatic carbocycles. The number of likely N-dealkylation sites (tertiary alicyclic amines) is 1. The summed E-state index contributed by atoms with van der Waals surface area (Å²) in [5.41, 5.74) is 0. The van der Waals surface area contributed by atoms with Gasteiger partial charge in [0.1, 0.15) is 0 Å². The van der Waals surface area contributed by atoms with Crippen LogP contribution in [-0.2, 0) is 0 Å². The molecule has 0 atom stereocenters. The second-order valence-corrected chi connectivity index (χ2v) is 6.41. The van der Waals surface area contributed by atoms with Crippen LogP contribution >= 0.6 is 0 Å². The maximum atomic E-state index is 3.47. The topological polar surface area (TPSA) is 15.3 Å². The Balaban J connectivity index is 1.52. The summed E-state index contributed by atoms with van der Waals surface area (Å²) in [5.74, 6) is 2.08. The first-order valence-corrected chi connectivity index (χ1v) is 8.31. The Bertz CT molecular complexity index is 203. The molecule has 2 rings (SSSR count). The number of nitrogens with one attached hydrogen (secondary N) is 1. The number of hydrogen-bond donors (Lipinski definition) is 1. The van der Waals surface area contributed by atoms with Gasteiger partial charge in [-0.05, 0) is 76.7 Å². The van der Waals surface area contributed by atoms with Crippen LogP contribution in [0.5, 0.6) is 0 Å². The van der Waals surface area contributed by atoms with Crippen molar-refractivity contribution in [3.63, 3.8) is 0 Å². The van der Waals surface area contributed by atoms with Gasteiger partial charge in [0.15, 0.2) is 0 Å². The Kier molecular flexibility index (Phi) is 6.50. The van der Waals surface area contributed by atoms with Gasteiger partial charge in [0.25, 0.3) is 0 Å². The summed E-state index contributed by atoms with van der Waals surface area (Å²) in [7, 11) is 0. The van der Waals surface area contributed by atoms with Crippen molar-refractivity contribution >= 4 is 0 Å². The fourth-order valence-electron chi connectivity index (χ4n) is 3.68. The van der Waals surface area contributed by atoms with Crippen molar-refractivity contribution in [3.8, 4) is 0 Å². The lowest BCUT2D eigenvalue weighted by molar-refractivity contribution is 0.175. The summed E-state index contributed by atoms with van der Waals surface area (Å²) >= 11 is 0. The van der Waals surface area contributed by atoms with Gasteiger partial charge in [-0.15, -0.1) is 0 Å². The van der Waals surface area contributed by atoms with Gasteiger partial charge < -0.3 is 10.2 Å². The number of rotatable bonds is 6. The van der Waals surface area contributed by atoms with E-state index < -0.39 is 0 Å². The molecule has 2 heterocycles. The highest BCUT2D eigenvalue weighted by atomic mass is 15.1. The van der Waals surface area contributed by atoms with Gasteiger partial charge in [-0.1, -0.05) is 26.2 Å². The van der Waals surface area contributed by atoms with Crippen molar-refractivity contribution in [2.45, 2.75) is 58.3 Å². The molecule has 2 aliphatic rings. The van der Waals surface area contributed by atoms with E-state index in [-0.39, 0.29) is 0 Å². The number of hydrogen-bond acceptors (Lipinski definition) is 2. The van der Waals surface area contributed by atoms with Crippen LogP contribution in [-0.4, -0.2) is 37.6 Å². The first-order valence-electron chi connectivity index (χ1n) is 8.31. The summed E-state index contributed by atoms with van der Waals surface area (Å²) in [6.07, 6.45) is 11.6. The molecule has 0 saturated carbocycles. The predicted molar refractivity (Wildman–Crippen MR) is 78.9 cm³/mol. The van der Waals surface area contributed by atoms with Gasteiger partial charge >= 0.3 is 0 Å². The van der Waals surface area contributed by atoms with Crippen molar-refractivity contribution in [1.29, 1.82) is 0 Å². The van der Waals surface area contributed by atoms with E-state index in [0.29, 0.717) is 0 Å². The number of nitrogens with zero attached hydrogens (tertiary/aromatic N) is 1. The molecule has 0 aromatic heterocycles. The monoisotopic (exact) mass is 252 g/mol. The first kappa shape index (κ1) is 14.3. The van der Waals surface area contributed by atoms with Crippen molar-refractivity contribution in [2.75, 3.05) is 32.7 Å². The van der Waals surface area contributed by atoms with Crippen molar-refractivity contribution in [2.24, 2.45) is 11.8 Å². The lowest BCUT2D eigenvalue weighted by Crippen LogP contribution is -2.34. The van der Waals surface area contributed by atoms with Crippen LogP contribution in [0.2, 0.25) is 0 Å². The van der Waals surface area contributed by atoms with E-state index in [9.17, 15) is 0 Å². The zero-order valence-electron chi connectivity index (χ0n) is 12.3. The van der Waals surface area contributed by atoms with Crippen LogP contribution in [0.3, 0.4) is 0 Å². The minimum Gasteiger partial charge on any atom is -0.317 e. The maximum absolute atomic E-state index is 3.47. The highest BCUT2D eigenvalue weighted by Gasteiger charge is 2.19. The van der Waals surface area contributed by atoms with Gasteiger partial charge in [-0.2, -0.15) is 0 Å². The SMILES string of the molecule is CCCN1CCC(CCCC2CCNCC2)CC1. The van der Waals surface area contributed by atoms with Crippen molar-refractivity contribution in [3.05, 3.63) is 0 Å². The van der Waals surface area contributed by atoms with Crippen LogP contribution < -0.4 is 5.32 Å². The third-order valence-electron chi connectivity index (χ3n) is 4.93. The second kappa shape index (κ2) is 8.16. The molecule has 0 radical (unpaired) electrons. The third kappa shape index (κ3) is 4.89. The normalized spacial score (nSPS) is 24.5. The molecule has 0 amide bonds. The van der Waals surface area contributed by atoms with Gasteiger partial charge in [0.05, 0.1) is 0 Å². The molecule has 2 fully saturated rings. The molecule has 106 valence electrons. The molecule has 2 nitrogen and oxygen atoms in total. The van der Waals surface area contributed by atoms with Crippen molar-refractivity contribution < 1.29 is 0 Å². The summed E-state index contributed by atoms with van der Waals surface area (Å²) in [5, 5.41) is 3.47. The van der Waals surface area contributed by atoms with E-state index in [1.807, 2.05) is 0 Å². The van der Waals surface area contributed by atoms with E-state index in [1.165, 1.54) is 84.1 Å². The second-order valence-electron chi connectivity index (χ2n) is 6.41. The third-order valence-corrected chi connectivity index (χ3v) is 4.93. The van der Waals surface area contributed by atoms with Gasteiger partial charge in [-0.3, -0.25) is 0 Å². The highest BCUT2D eigenvalue weighted by Crippen LogP contribution is 2.25. The van der Waals surface area contributed by atoms with E-state index in [0.717, 1.165) is 11.8 Å². The summed E-state index contributed by atoms with van der Waals surface area (Å²) in [6.45, 7) is 8.88. The average Bonchev–Trinajstić information content (AvgIpc) is 2.42. The zero-order valence-corrected chi connectivity index (χ0v) is 12.3. The van der Waals surface area contributed by atoms with E-state index in [4.69, 9.17) is 0 Å². The lowest BCUT2D eigenvalue weighted by atomic mass is 9.87. The Hall–Kier alpha value is -0.0800. The van der Waals surface area contributed by atoms with Crippen molar-refractivity contribution in [1.82, 2.24) is 10.2 Å². The van der Waals surface area contributed by atoms with Crippen LogP contribution in [0.4, 0.5) is 0 Å². The Morgan fingerprint density at radius 2 is 1.56 bits per heavy atom. The minimum atomic E-state index is 1.03. The summed E-state index contributed by atoms with van der Waals surface area (Å²) < 4.78 is 0. The zero-order chi connectivity index (χ0) is 12.6. The van der Waals surface area contributed by atoms with Crippen LogP contribution in [0.25, 0.3) is 0 Å². The molecular weight excluding hydrogens is 220 g/mol. The van der Waals surface area contributed by atoms with Crippen LogP contribution in [0, 0.1) is 11.8 Å². The van der Waals surface area contributed by atoms with E-state index in [2.05, 4.69) is 17.1 Å². The van der Waals surface area contributed by atoms with Crippen LogP contribution in [0.15, 0.2) is 0 Å². The fourth-order valence-corrected chi connectivity index (χ4v) is 3.68. The summed E-state index contributed by atoms with van der Waals surface area (Å²) in [6, 6.07) is 0. The number of piperidine rings is 2. The standard InChI is InChI=1S/C16H32N2/c1-2-12-18-13-8-16(9-14-18)5-3-4-15-6-10-17-11-7-15/h15-17H,2-14H2,1H3. The van der Waals surface area contributed by atoms with Gasteiger partial charge in [0.2, 0.25) is 0 Å². The smallest absolute Gasteiger partial charge is 0.00161 e. The maximum Gasteiger partial charge on any atom is -0.00161 e. The van der Waals surface area contributed by atoms with E-state index in [1.54, 1.807) is 0 Å². The molecule has 0 aromatic carbocycles. The fraction of sp³-hybridized carbons (Fsp3) is 1.00. The molecule has 0 unspecified atom stereocenters.